The van der Waals surface area contributed by atoms with E-state index in [1.54, 1.807) is 0 Å². The summed E-state index contributed by atoms with van der Waals surface area (Å²) >= 11 is 1.90. The van der Waals surface area contributed by atoms with Crippen molar-refractivity contribution in [2.45, 2.75) is 6.54 Å². The molecular weight excluding hydrogens is 685 g/mol. The maximum Gasteiger partial charge on any atom is 0.0650 e. The Labute approximate surface area is 324 Å². The molecule has 0 fully saturated rings. The molecule has 0 aliphatic heterocycles. The topological polar surface area (TPSA) is 17.3 Å². The summed E-state index contributed by atoms with van der Waals surface area (Å²) in [6.45, 7) is 0.618. The van der Waals surface area contributed by atoms with E-state index in [4.69, 9.17) is 4.99 Å². The second kappa shape index (κ2) is 14.2. The number of para-hydroxylation sites is 1. The molecule has 0 unspecified atom stereocenters. The van der Waals surface area contributed by atoms with Crippen molar-refractivity contribution in [1.29, 1.82) is 0 Å². The minimum atomic E-state index is 0.618. The molecule has 2 nitrogen and oxygen atoms in total. The number of benzene rings is 8. The Balaban J connectivity index is 1.08. The van der Waals surface area contributed by atoms with Crippen LogP contribution in [0.5, 0.6) is 0 Å². The van der Waals surface area contributed by atoms with Crippen molar-refractivity contribution in [3.8, 4) is 27.9 Å². The van der Waals surface area contributed by atoms with Gasteiger partial charge in [-0.05, 0) is 69.3 Å². The molecule has 0 radical (unpaired) electrons. The van der Waals surface area contributed by atoms with Crippen LogP contribution >= 0.6 is 11.3 Å². The van der Waals surface area contributed by atoms with Crippen LogP contribution < -0.4 is 0 Å². The molecule has 0 spiro atoms. The van der Waals surface area contributed by atoms with E-state index >= 15 is 0 Å². The molecule has 0 atom stereocenters. The van der Waals surface area contributed by atoms with E-state index in [1.165, 1.54) is 69.8 Å². The van der Waals surface area contributed by atoms with Crippen LogP contribution in [0, 0.1) is 0 Å². The van der Waals surface area contributed by atoms with E-state index in [0.717, 1.165) is 22.5 Å². The van der Waals surface area contributed by atoms with Crippen molar-refractivity contribution in [1.82, 2.24) is 4.57 Å². The smallest absolute Gasteiger partial charge is 0.0650 e. The van der Waals surface area contributed by atoms with Crippen LogP contribution in [0.25, 0.3) is 76.0 Å². The highest BCUT2D eigenvalue weighted by Gasteiger charge is 2.17. The summed E-state index contributed by atoms with van der Waals surface area (Å²) in [5.74, 6) is 0. The first kappa shape index (κ1) is 32.8. The zero-order chi connectivity index (χ0) is 36.6. The Morgan fingerprint density at radius 3 is 1.82 bits per heavy atom. The Bertz CT molecular complexity index is 3020. The van der Waals surface area contributed by atoms with Crippen LogP contribution in [-0.2, 0) is 6.54 Å². The summed E-state index contributed by atoms with van der Waals surface area (Å²) in [6, 6.07) is 69.7. The number of aromatic nitrogens is 1. The average Bonchev–Trinajstić information content (AvgIpc) is 3.81. The minimum Gasteiger partial charge on any atom is -0.309 e. The molecule has 0 aliphatic rings. The molecule has 10 aromatic rings. The summed E-state index contributed by atoms with van der Waals surface area (Å²) in [4.78, 5) is 5.10. The van der Waals surface area contributed by atoms with Crippen LogP contribution in [0.4, 0.5) is 0 Å². The van der Waals surface area contributed by atoms with Crippen LogP contribution in [0.3, 0.4) is 0 Å². The summed E-state index contributed by atoms with van der Waals surface area (Å²) in [5, 5.41) is 5.10. The second-order valence-corrected chi connectivity index (χ2v) is 14.9. The number of hydrogen-bond acceptors (Lipinski definition) is 2. The molecule has 2 aromatic heterocycles. The molecule has 0 bridgehead atoms. The van der Waals surface area contributed by atoms with Gasteiger partial charge in [-0.2, -0.15) is 0 Å². The minimum absolute atomic E-state index is 0.618. The van der Waals surface area contributed by atoms with Gasteiger partial charge in [0, 0.05) is 36.6 Å². The fourth-order valence-electron chi connectivity index (χ4n) is 7.83. The molecule has 55 heavy (non-hydrogen) atoms. The van der Waals surface area contributed by atoms with Crippen molar-refractivity contribution >= 4 is 65.1 Å². The lowest BCUT2D eigenvalue weighted by atomic mass is 9.99. The average molecular weight is 721 g/mol. The molecule has 3 heteroatoms. The van der Waals surface area contributed by atoms with Crippen molar-refractivity contribution in [3.05, 3.63) is 217 Å². The van der Waals surface area contributed by atoms with E-state index in [2.05, 4.69) is 199 Å². The fourth-order valence-corrected chi connectivity index (χ4v) is 9.20. The highest BCUT2D eigenvalue weighted by atomic mass is 32.1. The molecule has 0 amide bonds. The number of hydrogen-bond donors (Lipinski definition) is 0. The van der Waals surface area contributed by atoms with Crippen LogP contribution in [0.2, 0.25) is 0 Å². The van der Waals surface area contributed by atoms with E-state index in [0.29, 0.717) is 6.54 Å². The monoisotopic (exact) mass is 720 g/mol. The summed E-state index contributed by atoms with van der Waals surface area (Å²) in [6.07, 6.45) is 4.28. The Hall–Kier alpha value is -6.81. The first-order valence-electron chi connectivity index (χ1n) is 18.7. The van der Waals surface area contributed by atoms with Gasteiger partial charge in [0.1, 0.15) is 0 Å². The zero-order valence-electron chi connectivity index (χ0n) is 30.1. The van der Waals surface area contributed by atoms with Gasteiger partial charge >= 0.3 is 0 Å². The molecule has 8 aromatic carbocycles. The van der Waals surface area contributed by atoms with E-state index in [9.17, 15) is 0 Å². The number of nitrogens with zero attached hydrogens (tertiary/aromatic N) is 2. The van der Waals surface area contributed by atoms with Crippen LogP contribution in [0.15, 0.2) is 205 Å². The van der Waals surface area contributed by atoms with Gasteiger partial charge < -0.3 is 4.57 Å². The third-order valence-corrected chi connectivity index (χ3v) is 11.8. The third-order valence-electron chi connectivity index (χ3n) is 10.5. The van der Waals surface area contributed by atoms with E-state index < -0.39 is 0 Å². The SMILES string of the molecule is C(=C\c1ccccc1)/C(=NCc1ccccc1)c1ccc(-n2c3ccccc3c3ccc(-c4cccc5c4sc4c(-c6ccccc6)cccc45)cc32)cc1. The van der Waals surface area contributed by atoms with Gasteiger partial charge in [0.25, 0.3) is 0 Å². The largest absolute Gasteiger partial charge is 0.309 e. The van der Waals surface area contributed by atoms with Gasteiger partial charge in [-0.3, -0.25) is 4.99 Å². The molecule has 2 heterocycles. The lowest BCUT2D eigenvalue weighted by molar-refractivity contribution is 1.07. The Kier molecular flexibility index (Phi) is 8.47. The lowest BCUT2D eigenvalue weighted by Crippen LogP contribution is -2.00. The summed E-state index contributed by atoms with van der Waals surface area (Å²) in [5.41, 5.74) is 12.9. The first-order valence-corrected chi connectivity index (χ1v) is 19.6. The summed E-state index contributed by atoms with van der Waals surface area (Å²) < 4.78 is 5.06. The van der Waals surface area contributed by atoms with Crippen molar-refractivity contribution < 1.29 is 0 Å². The van der Waals surface area contributed by atoms with Gasteiger partial charge in [0.2, 0.25) is 0 Å². The first-order chi connectivity index (χ1) is 27.3. The fraction of sp³-hybridized carbons (Fsp3) is 0.0192. The Morgan fingerprint density at radius 2 is 1.09 bits per heavy atom. The van der Waals surface area contributed by atoms with Gasteiger partial charge in [-0.1, -0.05) is 176 Å². The van der Waals surface area contributed by atoms with Crippen LogP contribution in [-0.4, -0.2) is 10.3 Å². The predicted octanol–water partition coefficient (Wildman–Crippen LogP) is 14.2. The quantitative estimate of drug-likeness (QED) is 0.139. The highest BCUT2D eigenvalue weighted by molar-refractivity contribution is 7.26. The number of allylic oxidation sites excluding steroid dienone is 1. The molecule has 0 N–H and O–H groups in total. The van der Waals surface area contributed by atoms with Crippen molar-refractivity contribution in [2.24, 2.45) is 4.99 Å². The second-order valence-electron chi connectivity index (χ2n) is 13.9. The van der Waals surface area contributed by atoms with E-state index in [1.807, 2.05) is 23.5 Å². The zero-order valence-corrected chi connectivity index (χ0v) is 31.0. The van der Waals surface area contributed by atoms with Crippen molar-refractivity contribution in [2.75, 3.05) is 0 Å². The molecule has 260 valence electrons. The van der Waals surface area contributed by atoms with Gasteiger partial charge in [-0.15, -0.1) is 11.3 Å². The Morgan fingerprint density at radius 1 is 0.491 bits per heavy atom. The predicted molar refractivity (Wildman–Crippen MR) is 237 cm³/mol. The highest BCUT2D eigenvalue weighted by Crippen LogP contribution is 2.44. The van der Waals surface area contributed by atoms with E-state index in [-0.39, 0.29) is 0 Å². The van der Waals surface area contributed by atoms with Gasteiger partial charge in [0.15, 0.2) is 0 Å². The number of thiophene rings is 1. The summed E-state index contributed by atoms with van der Waals surface area (Å²) in [7, 11) is 0. The standard InChI is InChI=1S/C52H36N2S/c1-4-14-36(15-5-1)26-33-48(53-35-37-16-6-2-7-17-37)39-27-30-41(31-28-39)54-49-25-11-10-20-44(49)45-32-29-40(34-50(45)54)43-22-13-24-47-46-23-12-21-42(51(46)55-52(43)47)38-18-8-3-9-19-38/h1-34H,35H2/b33-26+,53-48?. The van der Waals surface area contributed by atoms with Gasteiger partial charge in [0.05, 0.1) is 23.3 Å². The van der Waals surface area contributed by atoms with Crippen molar-refractivity contribution in [3.63, 3.8) is 0 Å². The maximum absolute atomic E-state index is 5.10. The molecule has 0 aliphatic carbocycles. The molecule has 0 saturated carbocycles. The normalized spacial score (nSPS) is 12.1. The number of fused-ring (bicyclic) bond motifs is 6. The molecule has 0 saturated heterocycles. The molecule has 10 rings (SSSR count). The number of aliphatic imine (C=N–C) groups is 1. The lowest BCUT2D eigenvalue weighted by Gasteiger charge is -2.11. The number of rotatable bonds is 8. The maximum atomic E-state index is 5.10. The molecular formula is C52H36N2S. The third kappa shape index (κ3) is 6.15. The van der Waals surface area contributed by atoms with Crippen LogP contribution in [0.1, 0.15) is 16.7 Å². The van der Waals surface area contributed by atoms with Gasteiger partial charge in [-0.25, -0.2) is 0 Å².